The molecule has 0 saturated heterocycles. The quantitative estimate of drug-likeness (QED) is 0.753. The van der Waals surface area contributed by atoms with Gasteiger partial charge in [-0.2, -0.15) is 0 Å². The van der Waals surface area contributed by atoms with E-state index in [1.54, 1.807) is 0 Å². The zero-order valence-corrected chi connectivity index (χ0v) is 7.33. The number of anilines is 1. The highest BCUT2D eigenvalue weighted by atomic mass is 19.3. The van der Waals surface area contributed by atoms with Crippen molar-refractivity contribution in [3.63, 3.8) is 0 Å². The smallest absolute Gasteiger partial charge is 0.267 e. The van der Waals surface area contributed by atoms with Gasteiger partial charge in [0.05, 0.1) is 23.9 Å². The van der Waals surface area contributed by atoms with Crippen molar-refractivity contribution in [1.82, 2.24) is 4.98 Å². The molecule has 0 radical (unpaired) electrons. The van der Waals surface area contributed by atoms with Gasteiger partial charge in [0.2, 0.25) is 5.88 Å². The number of carbonyl (C=O) groups excluding carboxylic acids is 1. The Balaban J connectivity index is 3.34. The fourth-order valence-corrected chi connectivity index (χ4v) is 0.988. The molecule has 1 heterocycles. The summed E-state index contributed by atoms with van der Waals surface area (Å²) >= 11 is 0. The number of alkyl halides is 2. The van der Waals surface area contributed by atoms with Crippen LogP contribution in [-0.2, 0) is 0 Å². The molecule has 0 amide bonds. The van der Waals surface area contributed by atoms with E-state index in [0.717, 1.165) is 6.20 Å². The highest BCUT2D eigenvalue weighted by Crippen LogP contribution is 2.30. The molecule has 0 bridgehead atoms. The van der Waals surface area contributed by atoms with Crippen LogP contribution in [-0.4, -0.2) is 18.4 Å². The molecule has 14 heavy (non-hydrogen) atoms. The van der Waals surface area contributed by atoms with Gasteiger partial charge in [0.25, 0.3) is 6.43 Å². The molecule has 1 rings (SSSR count). The van der Waals surface area contributed by atoms with Crippen LogP contribution in [0.1, 0.15) is 22.3 Å². The van der Waals surface area contributed by atoms with Crippen LogP contribution in [0.3, 0.4) is 0 Å². The van der Waals surface area contributed by atoms with Crippen LogP contribution in [0.2, 0.25) is 0 Å². The lowest BCUT2D eigenvalue weighted by Crippen LogP contribution is -2.04. The van der Waals surface area contributed by atoms with E-state index in [9.17, 15) is 13.6 Å². The van der Waals surface area contributed by atoms with Gasteiger partial charge in [-0.25, -0.2) is 13.8 Å². The van der Waals surface area contributed by atoms with Crippen LogP contribution in [0.4, 0.5) is 14.5 Å². The first-order valence-electron chi connectivity index (χ1n) is 3.67. The first-order chi connectivity index (χ1) is 6.61. The zero-order chi connectivity index (χ0) is 10.7. The average molecular weight is 202 g/mol. The van der Waals surface area contributed by atoms with Gasteiger partial charge in [0, 0.05) is 6.20 Å². The molecule has 0 aliphatic rings. The van der Waals surface area contributed by atoms with E-state index in [4.69, 9.17) is 5.73 Å². The molecular weight excluding hydrogens is 194 g/mol. The number of carbonyl (C=O) groups is 1. The van der Waals surface area contributed by atoms with Gasteiger partial charge in [0.1, 0.15) is 0 Å². The number of aldehydes is 1. The summed E-state index contributed by atoms with van der Waals surface area (Å²) in [5.74, 6) is -0.0538. The summed E-state index contributed by atoms with van der Waals surface area (Å²) in [7, 11) is 1.27. The first kappa shape index (κ1) is 10.4. The zero-order valence-electron chi connectivity index (χ0n) is 7.33. The molecule has 1 aromatic heterocycles. The molecule has 0 aromatic carbocycles. The third-order valence-corrected chi connectivity index (χ3v) is 1.70. The van der Waals surface area contributed by atoms with E-state index in [1.165, 1.54) is 7.11 Å². The largest absolute Gasteiger partial charge is 0.480 e. The Morgan fingerprint density at radius 3 is 2.71 bits per heavy atom. The molecule has 0 atom stereocenters. The maximum Gasteiger partial charge on any atom is 0.267 e. The third-order valence-electron chi connectivity index (χ3n) is 1.70. The van der Waals surface area contributed by atoms with Crippen molar-refractivity contribution in [2.45, 2.75) is 6.43 Å². The van der Waals surface area contributed by atoms with E-state index in [1.807, 2.05) is 0 Å². The summed E-state index contributed by atoms with van der Waals surface area (Å²) in [6, 6.07) is 0. The number of aromatic nitrogens is 1. The van der Waals surface area contributed by atoms with E-state index < -0.39 is 12.0 Å². The van der Waals surface area contributed by atoms with Gasteiger partial charge in [0.15, 0.2) is 6.29 Å². The fourth-order valence-electron chi connectivity index (χ4n) is 0.988. The number of nitrogen functional groups attached to an aromatic ring is 1. The molecule has 76 valence electrons. The monoisotopic (exact) mass is 202 g/mol. The summed E-state index contributed by atoms with van der Waals surface area (Å²) < 4.78 is 29.3. The Labute approximate surface area is 78.7 Å². The minimum Gasteiger partial charge on any atom is -0.480 e. The lowest BCUT2D eigenvalue weighted by Gasteiger charge is -2.09. The molecular formula is C8H8F2N2O2. The second kappa shape index (κ2) is 3.99. The van der Waals surface area contributed by atoms with Gasteiger partial charge < -0.3 is 10.5 Å². The van der Waals surface area contributed by atoms with Gasteiger partial charge in [-0.3, -0.25) is 4.79 Å². The number of methoxy groups -OCH3 is 1. The van der Waals surface area contributed by atoms with Crippen molar-refractivity contribution in [2.75, 3.05) is 12.8 Å². The number of rotatable bonds is 3. The summed E-state index contributed by atoms with van der Waals surface area (Å²) in [6.07, 6.45) is -1.52. The van der Waals surface area contributed by atoms with E-state index in [-0.39, 0.29) is 17.1 Å². The van der Waals surface area contributed by atoms with Crippen molar-refractivity contribution >= 4 is 12.0 Å². The van der Waals surface area contributed by atoms with E-state index >= 15 is 0 Å². The topological polar surface area (TPSA) is 65.2 Å². The summed E-state index contributed by atoms with van der Waals surface area (Å²) in [5, 5.41) is 0. The Bertz CT molecular complexity index is 355. The predicted molar refractivity (Wildman–Crippen MR) is 45.5 cm³/mol. The van der Waals surface area contributed by atoms with Crippen molar-refractivity contribution in [3.05, 3.63) is 17.3 Å². The molecule has 0 spiro atoms. The number of nitrogens with zero attached hydrogens (tertiary/aromatic N) is 1. The Hall–Kier alpha value is -1.72. The lowest BCUT2D eigenvalue weighted by molar-refractivity contribution is 0.112. The molecule has 6 heteroatoms. The SMILES string of the molecule is COc1ncc(C(F)F)c(N)c1C=O. The fraction of sp³-hybridized carbons (Fsp3) is 0.250. The van der Waals surface area contributed by atoms with Crippen LogP contribution in [0.25, 0.3) is 0 Å². The van der Waals surface area contributed by atoms with Crippen LogP contribution in [0.15, 0.2) is 6.20 Å². The maximum atomic E-state index is 12.3. The average Bonchev–Trinajstić information content (AvgIpc) is 2.16. The molecule has 0 saturated carbocycles. The lowest BCUT2D eigenvalue weighted by atomic mass is 10.1. The van der Waals surface area contributed by atoms with Gasteiger partial charge >= 0.3 is 0 Å². The van der Waals surface area contributed by atoms with E-state index in [2.05, 4.69) is 9.72 Å². The number of halogens is 2. The van der Waals surface area contributed by atoms with Crippen molar-refractivity contribution in [2.24, 2.45) is 0 Å². The molecule has 0 fully saturated rings. The van der Waals surface area contributed by atoms with Gasteiger partial charge in [-0.15, -0.1) is 0 Å². The Morgan fingerprint density at radius 2 is 2.29 bits per heavy atom. The van der Waals surface area contributed by atoms with Gasteiger partial charge in [-0.05, 0) is 0 Å². The summed E-state index contributed by atoms with van der Waals surface area (Å²) in [6.45, 7) is 0. The summed E-state index contributed by atoms with van der Waals surface area (Å²) in [5.41, 5.74) is 4.44. The highest BCUT2D eigenvalue weighted by Gasteiger charge is 2.18. The molecule has 0 aliphatic heterocycles. The number of ether oxygens (including phenoxy) is 1. The second-order valence-electron chi connectivity index (χ2n) is 2.47. The van der Waals surface area contributed by atoms with Crippen molar-refractivity contribution in [3.8, 4) is 5.88 Å². The number of hydrogen-bond donors (Lipinski definition) is 1. The molecule has 0 aliphatic carbocycles. The van der Waals surface area contributed by atoms with E-state index in [0.29, 0.717) is 6.29 Å². The number of nitrogens with two attached hydrogens (primary N) is 1. The minimum atomic E-state index is -2.76. The Morgan fingerprint density at radius 1 is 1.64 bits per heavy atom. The van der Waals surface area contributed by atoms with Crippen molar-refractivity contribution in [1.29, 1.82) is 0 Å². The second-order valence-corrected chi connectivity index (χ2v) is 2.47. The predicted octanol–water partition coefficient (Wildman–Crippen LogP) is 1.42. The molecule has 0 unspecified atom stereocenters. The van der Waals surface area contributed by atoms with Crippen molar-refractivity contribution < 1.29 is 18.3 Å². The molecule has 1 aromatic rings. The highest BCUT2D eigenvalue weighted by molar-refractivity contribution is 5.87. The van der Waals surface area contributed by atoms with Gasteiger partial charge in [-0.1, -0.05) is 0 Å². The third kappa shape index (κ3) is 1.63. The number of pyridine rings is 1. The van der Waals surface area contributed by atoms with Crippen LogP contribution < -0.4 is 10.5 Å². The first-order valence-corrected chi connectivity index (χ1v) is 3.67. The van der Waals surface area contributed by atoms with Crippen LogP contribution in [0.5, 0.6) is 5.88 Å². The molecule has 4 nitrogen and oxygen atoms in total. The Kier molecular flexibility index (Phi) is 2.95. The van der Waals surface area contributed by atoms with Crippen LogP contribution >= 0.6 is 0 Å². The summed E-state index contributed by atoms with van der Waals surface area (Å²) in [4.78, 5) is 14.1. The number of hydrogen-bond acceptors (Lipinski definition) is 4. The minimum absolute atomic E-state index is 0.0538. The van der Waals surface area contributed by atoms with Crippen LogP contribution in [0, 0.1) is 0 Å². The molecule has 2 N–H and O–H groups in total. The normalized spacial score (nSPS) is 10.3. The standard InChI is InChI=1S/C8H8F2N2O2/c1-14-8-5(3-13)6(11)4(2-12-8)7(9)10/h2-3,7H,1H3,(H2,11,12). The maximum absolute atomic E-state index is 12.3.